The lowest BCUT2D eigenvalue weighted by Gasteiger charge is -2.36. The van der Waals surface area contributed by atoms with Gasteiger partial charge in [-0.05, 0) is 49.9 Å². The van der Waals surface area contributed by atoms with Crippen LogP contribution in [0.3, 0.4) is 0 Å². The summed E-state index contributed by atoms with van der Waals surface area (Å²) in [7, 11) is 0. The van der Waals surface area contributed by atoms with E-state index in [1.807, 2.05) is 24.3 Å². The van der Waals surface area contributed by atoms with Gasteiger partial charge in [0.05, 0.1) is 6.10 Å². The molecular formula is C30H37N5O2S. The lowest BCUT2D eigenvalue weighted by molar-refractivity contribution is 0.0858. The van der Waals surface area contributed by atoms with Crippen molar-refractivity contribution in [2.45, 2.75) is 50.2 Å². The predicted molar refractivity (Wildman–Crippen MR) is 153 cm³/mol. The molecule has 0 bridgehead atoms. The largest absolute Gasteiger partial charge is 0.376 e. The quantitative estimate of drug-likeness (QED) is 0.319. The zero-order valence-corrected chi connectivity index (χ0v) is 23.2. The minimum Gasteiger partial charge on any atom is -0.376 e. The second kappa shape index (κ2) is 12.7. The molecule has 7 nitrogen and oxygen atoms in total. The van der Waals surface area contributed by atoms with Gasteiger partial charge in [-0.3, -0.25) is 9.69 Å². The molecular weight excluding hydrogens is 494 g/mol. The van der Waals surface area contributed by atoms with Gasteiger partial charge in [0.25, 0.3) is 5.91 Å². The van der Waals surface area contributed by atoms with Gasteiger partial charge in [0.1, 0.15) is 5.82 Å². The SMILES string of the molecule is Cc1nc(SCc2ccc(C(=O)NCC3CCCO3)cc2)nc(N2CCN(Cc3ccccc3)CC2)c1C. The van der Waals surface area contributed by atoms with Gasteiger partial charge in [-0.15, -0.1) is 0 Å². The molecule has 8 heteroatoms. The van der Waals surface area contributed by atoms with E-state index in [-0.39, 0.29) is 12.0 Å². The summed E-state index contributed by atoms with van der Waals surface area (Å²) in [5.74, 6) is 1.76. The van der Waals surface area contributed by atoms with E-state index in [0.717, 1.165) is 85.7 Å². The smallest absolute Gasteiger partial charge is 0.251 e. The monoisotopic (exact) mass is 531 g/mol. The maximum absolute atomic E-state index is 12.5. The minimum absolute atomic E-state index is 0.0503. The lowest BCUT2D eigenvalue weighted by Crippen LogP contribution is -2.46. The standard InChI is InChI=1S/C30H37N5O2S/c1-22-23(2)32-30(33-28(22)35-16-14-34(15-17-35)20-24-7-4-3-5-8-24)38-21-25-10-12-26(13-11-25)29(36)31-19-27-9-6-18-37-27/h3-5,7-8,10-13,27H,6,9,14-21H2,1-2H3,(H,31,36). The lowest BCUT2D eigenvalue weighted by atomic mass is 10.1. The third-order valence-electron chi connectivity index (χ3n) is 7.36. The number of ether oxygens (including phenoxy) is 1. The van der Waals surface area contributed by atoms with Crippen LogP contribution >= 0.6 is 11.8 Å². The van der Waals surface area contributed by atoms with Gasteiger partial charge in [0.2, 0.25) is 0 Å². The Morgan fingerprint density at radius 2 is 1.76 bits per heavy atom. The third kappa shape index (κ3) is 6.92. The molecule has 2 saturated heterocycles. The van der Waals surface area contributed by atoms with E-state index in [1.165, 1.54) is 5.56 Å². The Morgan fingerprint density at radius 1 is 1.00 bits per heavy atom. The number of nitrogens with zero attached hydrogens (tertiary/aromatic N) is 4. The van der Waals surface area contributed by atoms with Crippen molar-refractivity contribution in [3.8, 4) is 0 Å². The van der Waals surface area contributed by atoms with Gasteiger partial charge in [-0.25, -0.2) is 9.97 Å². The highest BCUT2D eigenvalue weighted by molar-refractivity contribution is 7.98. The van der Waals surface area contributed by atoms with Crippen molar-refractivity contribution in [2.24, 2.45) is 0 Å². The summed E-state index contributed by atoms with van der Waals surface area (Å²) in [6.07, 6.45) is 2.24. The molecule has 200 valence electrons. The maximum atomic E-state index is 12.5. The molecule has 2 aliphatic heterocycles. The van der Waals surface area contributed by atoms with Crippen LogP contribution in [0.1, 0.15) is 45.6 Å². The van der Waals surface area contributed by atoms with Gasteiger partial charge in [-0.2, -0.15) is 0 Å². The summed E-state index contributed by atoms with van der Waals surface area (Å²) in [5.41, 5.74) is 5.36. The summed E-state index contributed by atoms with van der Waals surface area (Å²) in [4.78, 5) is 27.1. The van der Waals surface area contributed by atoms with Crippen LogP contribution in [-0.2, 0) is 17.0 Å². The van der Waals surface area contributed by atoms with Crippen molar-refractivity contribution >= 4 is 23.5 Å². The van der Waals surface area contributed by atoms with Crippen molar-refractivity contribution in [1.29, 1.82) is 0 Å². The fraction of sp³-hybridized carbons (Fsp3) is 0.433. The fourth-order valence-electron chi connectivity index (χ4n) is 4.93. The Labute approximate surface area is 230 Å². The second-order valence-corrected chi connectivity index (χ2v) is 11.1. The van der Waals surface area contributed by atoms with E-state index in [4.69, 9.17) is 14.7 Å². The van der Waals surface area contributed by atoms with Crippen LogP contribution in [0.5, 0.6) is 0 Å². The minimum atomic E-state index is -0.0503. The molecule has 3 aromatic rings. The van der Waals surface area contributed by atoms with E-state index in [2.05, 4.69) is 59.3 Å². The van der Waals surface area contributed by atoms with E-state index in [0.29, 0.717) is 12.1 Å². The number of aryl methyl sites for hydroxylation is 1. The molecule has 2 fully saturated rings. The topological polar surface area (TPSA) is 70.6 Å². The number of rotatable bonds is 9. The third-order valence-corrected chi connectivity index (χ3v) is 8.28. The molecule has 2 aliphatic rings. The van der Waals surface area contributed by atoms with Crippen LogP contribution in [-0.4, -0.2) is 66.2 Å². The van der Waals surface area contributed by atoms with Gasteiger partial charge in [0, 0.05) is 68.4 Å². The first-order valence-corrected chi connectivity index (χ1v) is 14.5. The molecule has 2 aromatic carbocycles. The molecule has 1 amide bonds. The van der Waals surface area contributed by atoms with E-state index in [1.54, 1.807) is 11.8 Å². The summed E-state index contributed by atoms with van der Waals surface area (Å²) >= 11 is 1.64. The van der Waals surface area contributed by atoms with Crippen molar-refractivity contribution < 1.29 is 9.53 Å². The highest BCUT2D eigenvalue weighted by atomic mass is 32.2. The molecule has 0 spiro atoms. The summed E-state index contributed by atoms with van der Waals surface area (Å²) in [6, 6.07) is 18.5. The maximum Gasteiger partial charge on any atom is 0.251 e. The van der Waals surface area contributed by atoms with Crippen LogP contribution in [0.15, 0.2) is 59.8 Å². The average molecular weight is 532 g/mol. The van der Waals surface area contributed by atoms with E-state index in [9.17, 15) is 4.79 Å². The number of anilines is 1. The molecule has 1 unspecified atom stereocenters. The Morgan fingerprint density at radius 3 is 2.47 bits per heavy atom. The highest BCUT2D eigenvalue weighted by Crippen LogP contribution is 2.27. The highest BCUT2D eigenvalue weighted by Gasteiger charge is 2.21. The molecule has 0 saturated carbocycles. The van der Waals surface area contributed by atoms with Crippen molar-refractivity contribution in [3.05, 3.63) is 82.5 Å². The number of carbonyl (C=O) groups is 1. The zero-order chi connectivity index (χ0) is 26.3. The number of aromatic nitrogens is 2. The molecule has 0 radical (unpaired) electrons. The number of carbonyl (C=O) groups excluding carboxylic acids is 1. The van der Waals surface area contributed by atoms with Crippen molar-refractivity contribution in [1.82, 2.24) is 20.2 Å². The number of hydrogen-bond donors (Lipinski definition) is 1. The summed E-state index contributed by atoms with van der Waals surface area (Å²) < 4.78 is 5.59. The molecule has 5 rings (SSSR count). The van der Waals surface area contributed by atoms with E-state index < -0.39 is 0 Å². The number of piperazine rings is 1. The molecule has 3 heterocycles. The Balaban J connectivity index is 1.15. The average Bonchev–Trinajstić information content (AvgIpc) is 3.47. The normalized spacial score (nSPS) is 18.1. The summed E-state index contributed by atoms with van der Waals surface area (Å²) in [6.45, 7) is 10.5. The Bertz CT molecular complexity index is 1210. The van der Waals surface area contributed by atoms with Crippen LogP contribution in [0.4, 0.5) is 5.82 Å². The number of hydrogen-bond acceptors (Lipinski definition) is 7. The number of amides is 1. The Hall–Kier alpha value is -2.94. The predicted octanol–water partition coefficient (Wildman–Crippen LogP) is 4.62. The first kappa shape index (κ1) is 26.7. The first-order valence-electron chi connectivity index (χ1n) is 13.5. The number of thioether (sulfide) groups is 1. The van der Waals surface area contributed by atoms with Crippen LogP contribution in [0, 0.1) is 13.8 Å². The fourth-order valence-corrected chi connectivity index (χ4v) is 5.78. The molecule has 1 aromatic heterocycles. The molecule has 1 N–H and O–H groups in total. The molecule has 1 atom stereocenters. The number of nitrogens with one attached hydrogen (secondary N) is 1. The molecule has 38 heavy (non-hydrogen) atoms. The molecule has 0 aliphatic carbocycles. The van der Waals surface area contributed by atoms with E-state index >= 15 is 0 Å². The van der Waals surface area contributed by atoms with Gasteiger partial charge in [-0.1, -0.05) is 54.2 Å². The Kier molecular flexibility index (Phi) is 8.94. The van der Waals surface area contributed by atoms with Crippen LogP contribution in [0.2, 0.25) is 0 Å². The van der Waals surface area contributed by atoms with Crippen molar-refractivity contribution in [2.75, 3.05) is 44.2 Å². The van der Waals surface area contributed by atoms with Gasteiger partial charge in [0.15, 0.2) is 5.16 Å². The van der Waals surface area contributed by atoms with Crippen LogP contribution in [0.25, 0.3) is 0 Å². The second-order valence-electron chi connectivity index (χ2n) is 10.1. The van der Waals surface area contributed by atoms with Crippen molar-refractivity contribution in [3.63, 3.8) is 0 Å². The zero-order valence-electron chi connectivity index (χ0n) is 22.4. The van der Waals surface area contributed by atoms with Crippen LogP contribution < -0.4 is 10.2 Å². The van der Waals surface area contributed by atoms with Gasteiger partial charge < -0.3 is 15.0 Å². The van der Waals surface area contributed by atoms with Gasteiger partial charge >= 0.3 is 0 Å². The number of benzene rings is 2. The first-order chi connectivity index (χ1) is 18.5. The summed E-state index contributed by atoms with van der Waals surface area (Å²) in [5, 5.41) is 3.78.